The molecule has 3 aromatic rings. The van der Waals surface area contributed by atoms with E-state index in [1.165, 1.54) is 5.56 Å². The summed E-state index contributed by atoms with van der Waals surface area (Å²) in [5.41, 5.74) is 2.84. The van der Waals surface area contributed by atoms with E-state index in [0.717, 1.165) is 22.6 Å². The van der Waals surface area contributed by atoms with E-state index in [9.17, 15) is 4.79 Å². The lowest BCUT2D eigenvalue weighted by Gasteiger charge is -2.29. The van der Waals surface area contributed by atoms with Crippen molar-refractivity contribution in [2.45, 2.75) is 17.4 Å². The normalized spacial score (nSPS) is 17.9. The van der Waals surface area contributed by atoms with Crippen LogP contribution in [0.15, 0.2) is 46.9 Å². The Kier molecular flexibility index (Phi) is 6.00. The molecule has 1 aromatic heterocycles. The molecule has 0 aliphatic carbocycles. The van der Waals surface area contributed by atoms with E-state index in [1.54, 1.807) is 7.11 Å². The molecule has 0 bridgehead atoms. The van der Waals surface area contributed by atoms with Crippen molar-refractivity contribution in [3.63, 3.8) is 0 Å². The SMILES string of the molecule is COc1cc(C2SCCS2)ccc1OC(=O)C1CCN(c2nc3ccccc3o2)CC1. The van der Waals surface area contributed by atoms with Gasteiger partial charge in [0.1, 0.15) is 5.52 Å². The molecule has 8 heteroatoms. The number of oxazole rings is 1. The summed E-state index contributed by atoms with van der Waals surface area (Å²) in [6.07, 6.45) is 1.40. The number of anilines is 1. The second kappa shape index (κ2) is 9.04. The predicted molar refractivity (Wildman–Crippen MR) is 125 cm³/mol. The summed E-state index contributed by atoms with van der Waals surface area (Å²) in [5, 5.41) is 0. The van der Waals surface area contributed by atoms with Gasteiger partial charge in [0, 0.05) is 24.6 Å². The summed E-state index contributed by atoms with van der Waals surface area (Å²) < 4.78 is 17.5. The minimum Gasteiger partial charge on any atom is -0.493 e. The van der Waals surface area contributed by atoms with Gasteiger partial charge < -0.3 is 18.8 Å². The summed E-state index contributed by atoms with van der Waals surface area (Å²) in [7, 11) is 1.62. The number of para-hydroxylation sites is 2. The van der Waals surface area contributed by atoms with Gasteiger partial charge in [-0.1, -0.05) is 18.2 Å². The Balaban J connectivity index is 1.21. The third-order valence-electron chi connectivity index (χ3n) is 5.67. The summed E-state index contributed by atoms with van der Waals surface area (Å²) in [6.45, 7) is 1.41. The number of hydrogen-bond acceptors (Lipinski definition) is 8. The molecule has 2 fully saturated rings. The molecule has 0 atom stereocenters. The van der Waals surface area contributed by atoms with Crippen molar-refractivity contribution in [3.05, 3.63) is 48.0 Å². The third-order valence-corrected chi connectivity index (χ3v) is 8.78. The number of benzene rings is 2. The highest BCUT2D eigenvalue weighted by molar-refractivity contribution is 8.19. The van der Waals surface area contributed by atoms with Crippen LogP contribution in [0.25, 0.3) is 11.1 Å². The number of rotatable bonds is 5. The van der Waals surface area contributed by atoms with Crippen LogP contribution in [0.3, 0.4) is 0 Å². The van der Waals surface area contributed by atoms with Gasteiger partial charge in [-0.05, 0) is 42.7 Å². The first-order chi connectivity index (χ1) is 15.2. The van der Waals surface area contributed by atoms with E-state index in [1.807, 2.05) is 66.0 Å². The first-order valence-electron chi connectivity index (χ1n) is 10.4. The highest BCUT2D eigenvalue weighted by Crippen LogP contribution is 2.47. The largest absolute Gasteiger partial charge is 0.493 e. The van der Waals surface area contributed by atoms with Crippen LogP contribution in [-0.2, 0) is 4.79 Å². The van der Waals surface area contributed by atoms with Gasteiger partial charge in [-0.3, -0.25) is 4.79 Å². The minimum atomic E-state index is -0.201. The topological polar surface area (TPSA) is 64.8 Å². The first-order valence-corrected chi connectivity index (χ1v) is 12.5. The van der Waals surface area contributed by atoms with E-state index in [0.29, 0.717) is 48.0 Å². The number of ether oxygens (including phenoxy) is 2. The van der Waals surface area contributed by atoms with E-state index in [-0.39, 0.29) is 11.9 Å². The van der Waals surface area contributed by atoms with Crippen molar-refractivity contribution in [2.75, 3.05) is 36.6 Å². The number of fused-ring (bicyclic) bond motifs is 1. The van der Waals surface area contributed by atoms with Gasteiger partial charge in [0.05, 0.1) is 17.6 Å². The van der Waals surface area contributed by atoms with Gasteiger partial charge in [-0.15, -0.1) is 23.5 Å². The number of carbonyl (C=O) groups is 1. The Morgan fingerprint density at radius 2 is 1.87 bits per heavy atom. The maximum atomic E-state index is 12.8. The minimum absolute atomic E-state index is 0.147. The summed E-state index contributed by atoms with van der Waals surface area (Å²) >= 11 is 3.88. The van der Waals surface area contributed by atoms with Gasteiger partial charge in [0.2, 0.25) is 0 Å². The molecule has 31 heavy (non-hydrogen) atoms. The van der Waals surface area contributed by atoms with Crippen LogP contribution in [0.2, 0.25) is 0 Å². The third kappa shape index (κ3) is 4.36. The van der Waals surface area contributed by atoms with Crippen molar-refractivity contribution >= 4 is 46.6 Å². The number of nitrogens with zero attached hydrogens (tertiary/aromatic N) is 2. The average molecular weight is 457 g/mol. The Labute approximate surface area is 189 Å². The zero-order valence-corrected chi connectivity index (χ0v) is 18.9. The monoisotopic (exact) mass is 456 g/mol. The fourth-order valence-electron chi connectivity index (χ4n) is 3.96. The lowest BCUT2D eigenvalue weighted by Crippen LogP contribution is -2.37. The Hall–Kier alpha value is -2.32. The number of thioether (sulfide) groups is 2. The quantitative estimate of drug-likeness (QED) is 0.386. The Morgan fingerprint density at radius 3 is 2.61 bits per heavy atom. The first kappa shape index (κ1) is 20.6. The van der Waals surface area contributed by atoms with Crippen molar-refractivity contribution < 1.29 is 18.7 Å². The maximum Gasteiger partial charge on any atom is 0.314 e. The van der Waals surface area contributed by atoms with Crippen molar-refractivity contribution in [2.24, 2.45) is 5.92 Å². The van der Waals surface area contributed by atoms with Crippen LogP contribution < -0.4 is 14.4 Å². The van der Waals surface area contributed by atoms with E-state index in [4.69, 9.17) is 13.9 Å². The molecule has 0 spiro atoms. The fraction of sp³-hybridized carbons (Fsp3) is 0.391. The lowest BCUT2D eigenvalue weighted by atomic mass is 9.97. The number of hydrogen-bond donors (Lipinski definition) is 0. The lowest BCUT2D eigenvalue weighted by molar-refractivity contribution is -0.139. The van der Waals surface area contributed by atoms with Gasteiger partial charge in [-0.2, -0.15) is 4.98 Å². The highest BCUT2D eigenvalue weighted by Gasteiger charge is 2.29. The summed E-state index contributed by atoms with van der Waals surface area (Å²) in [4.78, 5) is 19.5. The number of esters is 1. The Bertz CT molecular complexity index is 1040. The number of carbonyl (C=O) groups excluding carboxylic acids is 1. The summed E-state index contributed by atoms with van der Waals surface area (Å²) in [5.74, 6) is 3.08. The summed E-state index contributed by atoms with van der Waals surface area (Å²) in [6, 6.07) is 14.3. The molecule has 3 heterocycles. The molecule has 2 aromatic carbocycles. The molecular weight excluding hydrogens is 432 g/mol. The molecule has 0 N–H and O–H groups in total. The molecule has 5 rings (SSSR count). The molecule has 2 saturated heterocycles. The standard InChI is InChI=1S/C23H24N2O4S2/c1-27-20-14-16(22-30-12-13-31-22)6-7-19(20)28-21(26)15-8-10-25(11-9-15)23-24-17-4-2-3-5-18(17)29-23/h2-7,14-15,22H,8-13H2,1H3. The molecule has 2 aliphatic rings. The van der Waals surface area contributed by atoms with Crippen LogP contribution in [-0.4, -0.2) is 42.7 Å². The molecule has 0 amide bonds. The molecule has 0 unspecified atom stereocenters. The van der Waals surface area contributed by atoms with Crippen LogP contribution >= 0.6 is 23.5 Å². The van der Waals surface area contributed by atoms with Crippen LogP contribution in [0, 0.1) is 5.92 Å². The van der Waals surface area contributed by atoms with Crippen molar-refractivity contribution in [3.8, 4) is 11.5 Å². The smallest absolute Gasteiger partial charge is 0.314 e. The number of piperidine rings is 1. The average Bonchev–Trinajstić information content (AvgIpc) is 3.49. The predicted octanol–water partition coefficient (Wildman–Crippen LogP) is 5.14. The molecule has 0 radical (unpaired) electrons. The van der Waals surface area contributed by atoms with Crippen LogP contribution in [0.4, 0.5) is 6.01 Å². The Morgan fingerprint density at radius 1 is 1.10 bits per heavy atom. The molecule has 0 saturated carbocycles. The van der Waals surface area contributed by atoms with E-state index < -0.39 is 0 Å². The van der Waals surface area contributed by atoms with Crippen LogP contribution in [0.5, 0.6) is 11.5 Å². The van der Waals surface area contributed by atoms with Gasteiger partial charge in [0.25, 0.3) is 6.01 Å². The van der Waals surface area contributed by atoms with Gasteiger partial charge >= 0.3 is 5.97 Å². The van der Waals surface area contributed by atoms with Gasteiger partial charge in [0.15, 0.2) is 17.1 Å². The zero-order valence-electron chi connectivity index (χ0n) is 17.3. The molecule has 2 aliphatic heterocycles. The second-order valence-corrected chi connectivity index (χ2v) is 10.4. The van der Waals surface area contributed by atoms with Crippen molar-refractivity contribution in [1.29, 1.82) is 0 Å². The fourth-order valence-corrected chi connectivity index (χ4v) is 6.80. The van der Waals surface area contributed by atoms with E-state index in [2.05, 4.69) is 9.88 Å². The number of methoxy groups -OCH3 is 1. The highest BCUT2D eigenvalue weighted by atomic mass is 32.2. The van der Waals surface area contributed by atoms with Gasteiger partial charge in [-0.25, -0.2) is 0 Å². The van der Waals surface area contributed by atoms with Crippen LogP contribution in [0.1, 0.15) is 23.0 Å². The molecule has 6 nitrogen and oxygen atoms in total. The molecule has 162 valence electrons. The zero-order chi connectivity index (χ0) is 21.2. The maximum absolute atomic E-state index is 12.8. The number of aromatic nitrogens is 1. The van der Waals surface area contributed by atoms with Crippen molar-refractivity contribution in [1.82, 2.24) is 4.98 Å². The second-order valence-electron chi connectivity index (χ2n) is 7.63. The van der Waals surface area contributed by atoms with E-state index >= 15 is 0 Å². The molecular formula is C23H24N2O4S2.